The van der Waals surface area contributed by atoms with Crippen molar-refractivity contribution in [3.63, 3.8) is 0 Å². The molecule has 0 unspecified atom stereocenters. The van der Waals surface area contributed by atoms with E-state index in [1.165, 1.54) is 12.1 Å². The van der Waals surface area contributed by atoms with Gasteiger partial charge in [-0.05, 0) is 41.8 Å². The Balaban J connectivity index is 1.44. The predicted molar refractivity (Wildman–Crippen MR) is 99.8 cm³/mol. The van der Waals surface area contributed by atoms with Crippen molar-refractivity contribution in [1.29, 1.82) is 0 Å². The largest absolute Gasteiger partial charge is 0.486 e. The van der Waals surface area contributed by atoms with E-state index in [1.54, 1.807) is 18.2 Å². The fraction of sp³-hybridized carbons (Fsp3) is 0.263. The molecule has 27 heavy (non-hydrogen) atoms. The maximum absolute atomic E-state index is 11.9. The maximum Gasteiger partial charge on any atom is 0.335 e. The number of fused-ring (bicyclic) bond motifs is 1. The first-order valence-electron chi connectivity index (χ1n) is 8.45. The standard InChI is InChI=1S/C19H19ClN2O5/c20-15-9-13(10-16-17(15)27-8-7-26-16)5-6-21-19(25)22-11-12-1-3-14(4-2-12)18(23)24/h1-4,9-10H,5-8,11H2,(H,23,24)(H2,21,22,25). The molecule has 0 atom stereocenters. The average Bonchev–Trinajstić information content (AvgIpc) is 2.67. The lowest BCUT2D eigenvalue weighted by atomic mass is 10.1. The van der Waals surface area contributed by atoms with E-state index >= 15 is 0 Å². The minimum atomic E-state index is -0.980. The summed E-state index contributed by atoms with van der Waals surface area (Å²) >= 11 is 6.20. The molecular formula is C19H19ClN2O5. The molecule has 7 nitrogen and oxygen atoms in total. The number of ether oxygens (including phenoxy) is 2. The van der Waals surface area contributed by atoms with Gasteiger partial charge in [0, 0.05) is 13.1 Å². The minimum absolute atomic E-state index is 0.210. The van der Waals surface area contributed by atoms with Gasteiger partial charge >= 0.3 is 12.0 Å². The van der Waals surface area contributed by atoms with Gasteiger partial charge in [-0.1, -0.05) is 23.7 Å². The van der Waals surface area contributed by atoms with Crippen LogP contribution in [-0.2, 0) is 13.0 Å². The van der Waals surface area contributed by atoms with Crippen molar-refractivity contribution in [2.75, 3.05) is 19.8 Å². The minimum Gasteiger partial charge on any atom is -0.486 e. The van der Waals surface area contributed by atoms with Crippen LogP contribution in [0.25, 0.3) is 0 Å². The van der Waals surface area contributed by atoms with Crippen LogP contribution >= 0.6 is 11.6 Å². The van der Waals surface area contributed by atoms with Crippen molar-refractivity contribution < 1.29 is 24.2 Å². The first-order valence-corrected chi connectivity index (χ1v) is 8.82. The number of halogens is 1. The number of urea groups is 1. The first-order chi connectivity index (χ1) is 13.0. The Hall–Kier alpha value is -2.93. The van der Waals surface area contributed by atoms with Crippen molar-refractivity contribution in [3.8, 4) is 11.5 Å². The molecule has 0 bridgehead atoms. The summed E-state index contributed by atoms with van der Waals surface area (Å²) in [7, 11) is 0. The Labute approximate surface area is 161 Å². The molecule has 0 aromatic heterocycles. The Morgan fingerprint density at radius 1 is 1.04 bits per heavy atom. The van der Waals surface area contributed by atoms with E-state index in [4.69, 9.17) is 26.2 Å². The van der Waals surface area contributed by atoms with Gasteiger partial charge in [-0.15, -0.1) is 0 Å². The Kier molecular flexibility index (Phi) is 6.03. The van der Waals surface area contributed by atoms with Crippen molar-refractivity contribution >= 4 is 23.6 Å². The fourth-order valence-electron chi connectivity index (χ4n) is 2.64. The number of nitrogens with one attached hydrogen (secondary N) is 2. The second-order valence-electron chi connectivity index (χ2n) is 5.96. The molecule has 1 aliphatic rings. The van der Waals surface area contributed by atoms with Crippen molar-refractivity contribution in [2.24, 2.45) is 0 Å². The summed E-state index contributed by atoms with van der Waals surface area (Å²) in [5, 5.41) is 14.9. The molecule has 0 radical (unpaired) electrons. The number of carboxylic acid groups (broad SMARTS) is 1. The molecule has 0 fully saturated rings. The highest BCUT2D eigenvalue weighted by Crippen LogP contribution is 2.38. The highest BCUT2D eigenvalue weighted by atomic mass is 35.5. The molecular weight excluding hydrogens is 372 g/mol. The third-order valence-electron chi connectivity index (χ3n) is 4.01. The van der Waals surface area contributed by atoms with E-state index in [-0.39, 0.29) is 11.6 Å². The van der Waals surface area contributed by atoms with Crippen molar-refractivity contribution in [2.45, 2.75) is 13.0 Å². The van der Waals surface area contributed by atoms with E-state index in [9.17, 15) is 9.59 Å². The first kappa shape index (κ1) is 18.8. The highest BCUT2D eigenvalue weighted by Gasteiger charge is 2.16. The summed E-state index contributed by atoms with van der Waals surface area (Å²) in [6.07, 6.45) is 0.594. The molecule has 2 amide bonds. The smallest absolute Gasteiger partial charge is 0.335 e. The average molecular weight is 391 g/mol. The van der Waals surface area contributed by atoms with Crippen LogP contribution in [0.15, 0.2) is 36.4 Å². The highest BCUT2D eigenvalue weighted by molar-refractivity contribution is 6.32. The van der Waals surface area contributed by atoms with Gasteiger partial charge in [-0.3, -0.25) is 0 Å². The zero-order valence-electron chi connectivity index (χ0n) is 14.5. The third kappa shape index (κ3) is 5.04. The number of benzene rings is 2. The number of amides is 2. The van der Waals surface area contributed by atoms with Crippen LogP contribution in [-0.4, -0.2) is 36.9 Å². The molecule has 142 valence electrons. The van der Waals surface area contributed by atoms with Gasteiger partial charge in [0.25, 0.3) is 0 Å². The molecule has 2 aromatic carbocycles. The van der Waals surface area contributed by atoms with Crippen LogP contribution in [0.5, 0.6) is 11.5 Å². The van der Waals surface area contributed by atoms with Crippen LogP contribution in [0.1, 0.15) is 21.5 Å². The topological polar surface area (TPSA) is 96.9 Å². The van der Waals surface area contributed by atoms with Crippen LogP contribution in [0, 0.1) is 0 Å². The number of carboxylic acids is 1. The number of rotatable bonds is 6. The van der Waals surface area contributed by atoms with Crippen molar-refractivity contribution in [3.05, 3.63) is 58.1 Å². The van der Waals surface area contributed by atoms with Crippen molar-refractivity contribution in [1.82, 2.24) is 10.6 Å². The summed E-state index contributed by atoms with van der Waals surface area (Å²) in [6.45, 7) is 1.70. The lowest BCUT2D eigenvalue weighted by molar-refractivity contribution is 0.0697. The molecule has 2 aromatic rings. The fourth-order valence-corrected chi connectivity index (χ4v) is 2.93. The summed E-state index contributed by atoms with van der Waals surface area (Å²) in [6, 6.07) is 9.71. The van der Waals surface area contributed by atoms with Gasteiger partial charge < -0.3 is 25.2 Å². The molecule has 3 N–H and O–H groups in total. The summed E-state index contributed by atoms with van der Waals surface area (Å²) in [4.78, 5) is 22.7. The van der Waals surface area contributed by atoms with Crippen LogP contribution in [0.2, 0.25) is 5.02 Å². The number of carbonyl (C=O) groups excluding carboxylic acids is 1. The predicted octanol–water partition coefficient (Wildman–Crippen LogP) is 2.85. The molecule has 1 heterocycles. The lowest BCUT2D eigenvalue weighted by Gasteiger charge is -2.20. The molecule has 1 aliphatic heterocycles. The monoisotopic (exact) mass is 390 g/mol. The zero-order valence-corrected chi connectivity index (χ0v) is 15.2. The summed E-state index contributed by atoms with van der Waals surface area (Å²) < 4.78 is 11.0. The Morgan fingerprint density at radius 3 is 2.52 bits per heavy atom. The maximum atomic E-state index is 11.9. The van der Waals surface area contributed by atoms with E-state index in [2.05, 4.69) is 10.6 Å². The van der Waals surface area contributed by atoms with E-state index in [0.29, 0.717) is 49.2 Å². The number of hydrogen-bond acceptors (Lipinski definition) is 4. The van der Waals surface area contributed by atoms with Gasteiger partial charge in [-0.2, -0.15) is 0 Å². The third-order valence-corrected chi connectivity index (χ3v) is 4.29. The SMILES string of the molecule is O=C(NCCc1cc(Cl)c2c(c1)OCCO2)NCc1ccc(C(=O)O)cc1. The van der Waals surface area contributed by atoms with E-state index in [0.717, 1.165) is 11.1 Å². The molecule has 0 saturated heterocycles. The molecule has 0 aliphatic carbocycles. The van der Waals surface area contributed by atoms with Crippen LogP contribution < -0.4 is 20.1 Å². The van der Waals surface area contributed by atoms with Crippen LogP contribution in [0.4, 0.5) is 4.79 Å². The van der Waals surface area contributed by atoms with E-state index in [1.807, 2.05) is 6.07 Å². The van der Waals surface area contributed by atoms with Gasteiger partial charge in [0.15, 0.2) is 11.5 Å². The van der Waals surface area contributed by atoms with Gasteiger partial charge in [-0.25, -0.2) is 9.59 Å². The van der Waals surface area contributed by atoms with Crippen LogP contribution in [0.3, 0.4) is 0 Å². The molecule has 3 rings (SSSR count). The molecule has 0 spiro atoms. The second-order valence-corrected chi connectivity index (χ2v) is 6.37. The normalized spacial score (nSPS) is 12.3. The Bertz CT molecular complexity index is 839. The summed E-state index contributed by atoms with van der Waals surface area (Å²) in [5.41, 5.74) is 1.96. The number of aromatic carboxylic acids is 1. The number of carbonyl (C=O) groups is 2. The van der Waals surface area contributed by atoms with Gasteiger partial charge in [0.1, 0.15) is 13.2 Å². The molecule has 0 saturated carbocycles. The zero-order chi connectivity index (χ0) is 19.2. The van der Waals surface area contributed by atoms with E-state index < -0.39 is 5.97 Å². The quantitative estimate of drug-likeness (QED) is 0.704. The van der Waals surface area contributed by atoms with Gasteiger partial charge in [0.05, 0.1) is 10.6 Å². The summed E-state index contributed by atoms with van der Waals surface area (Å²) in [5.74, 6) is 0.204. The molecule has 8 heteroatoms. The lowest BCUT2D eigenvalue weighted by Crippen LogP contribution is -2.36. The van der Waals surface area contributed by atoms with Gasteiger partial charge in [0.2, 0.25) is 0 Å². The number of hydrogen-bond donors (Lipinski definition) is 3. The second kappa shape index (κ2) is 8.64. The Morgan fingerprint density at radius 2 is 1.78 bits per heavy atom.